The molecule has 4 rings (SSSR count). The lowest BCUT2D eigenvalue weighted by Gasteiger charge is -2.10. The number of imidazole rings is 1. The number of anilines is 1. The van der Waals surface area contributed by atoms with Gasteiger partial charge in [0.2, 0.25) is 0 Å². The predicted molar refractivity (Wildman–Crippen MR) is 107 cm³/mol. The maximum atomic E-state index is 12.7. The van der Waals surface area contributed by atoms with Crippen LogP contribution in [0.5, 0.6) is 0 Å². The molecular formula is C20H17N5O2S. The fourth-order valence-electron chi connectivity index (χ4n) is 2.81. The smallest absolute Gasteiger partial charge is 0.263 e. The fraction of sp³-hybridized carbons (Fsp3) is 0.0500. The average Bonchev–Trinajstić information content (AvgIpc) is 3.15. The van der Waals surface area contributed by atoms with Gasteiger partial charge < -0.3 is 0 Å². The van der Waals surface area contributed by atoms with Crippen LogP contribution in [-0.2, 0) is 10.0 Å². The SMILES string of the molecule is Cc1nccn1-c1cc(NS(=O)(=O)c2ccc(-c3ccccc3)cc2)ncn1. The van der Waals surface area contributed by atoms with Crippen molar-refractivity contribution in [2.75, 3.05) is 4.72 Å². The van der Waals surface area contributed by atoms with Crippen molar-refractivity contribution >= 4 is 15.8 Å². The lowest BCUT2D eigenvalue weighted by Crippen LogP contribution is -2.14. The van der Waals surface area contributed by atoms with E-state index in [1.54, 1.807) is 47.3 Å². The Morgan fingerprint density at radius 3 is 2.29 bits per heavy atom. The molecule has 0 amide bonds. The molecule has 2 aromatic carbocycles. The number of benzene rings is 2. The highest BCUT2D eigenvalue weighted by molar-refractivity contribution is 7.92. The molecular weight excluding hydrogens is 374 g/mol. The van der Waals surface area contributed by atoms with Crippen LogP contribution in [0.2, 0.25) is 0 Å². The van der Waals surface area contributed by atoms with Crippen molar-refractivity contribution in [3.8, 4) is 16.9 Å². The van der Waals surface area contributed by atoms with Gasteiger partial charge in [0.05, 0.1) is 4.90 Å². The average molecular weight is 391 g/mol. The Kier molecular flexibility index (Phi) is 4.62. The first-order chi connectivity index (χ1) is 13.5. The van der Waals surface area contributed by atoms with E-state index in [1.807, 2.05) is 37.3 Å². The van der Waals surface area contributed by atoms with Crippen LogP contribution in [0.25, 0.3) is 16.9 Å². The second kappa shape index (κ2) is 7.24. The molecule has 7 nitrogen and oxygen atoms in total. The highest BCUT2D eigenvalue weighted by atomic mass is 32.2. The summed E-state index contributed by atoms with van der Waals surface area (Å²) >= 11 is 0. The van der Waals surface area contributed by atoms with Gasteiger partial charge in [0.1, 0.15) is 23.8 Å². The molecule has 0 atom stereocenters. The minimum atomic E-state index is -3.77. The van der Waals surface area contributed by atoms with Crippen LogP contribution >= 0.6 is 0 Å². The van der Waals surface area contributed by atoms with Crippen molar-refractivity contribution < 1.29 is 8.42 Å². The Morgan fingerprint density at radius 1 is 0.893 bits per heavy atom. The highest BCUT2D eigenvalue weighted by Crippen LogP contribution is 2.22. The predicted octanol–water partition coefficient (Wildman–Crippen LogP) is 3.44. The molecule has 0 aliphatic carbocycles. The van der Waals surface area contributed by atoms with Gasteiger partial charge in [0, 0.05) is 18.5 Å². The second-order valence-corrected chi connectivity index (χ2v) is 7.78. The molecule has 0 radical (unpaired) electrons. The van der Waals surface area contributed by atoms with E-state index in [2.05, 4.69) is 19.7 Å². The number of nitrogens with zero attached hydrogens (tertiary/aromatic N) is 4. The molecule has 2 aromatic heterocycles. The van der Waals surface area contributed by atoms with Crippen molar-refractivity contribution in [3.05, 3.63) is 85.2 Å². The normalized spacial score (nSPS) is 11.3. The third-order valence-corrected chi connectivity index (χ3v) is 5.61. The van der Waals surface area contributed by atoms with Gasteiger partial charge in [-0.3, -0.25) is 9.29 Å². The number of rotatable bonds is 5. The van der Waals surface area contributed by atoms with Crippen LogP contribution in [-0.4, -0.2) is 27.9 Å². The number of sulfonamides is 1. The van der Waals surface area contributed by atoms with Gasteiger partial charge in [-0.25, -0.2) is 23.4 Å². The fourth-order valence-corrected chi connectivity index (χ4v) is 3.81. The zero-order valence-electron chi connectivity index (χ0n) is 15.0. The maximum absolute atomic E-state index is 12.7. The first-order valence-corrected chi connectivity index (χ1v) is 10.0. The van der Waals surface area contributed by atoms with E-state index in [9.17, 15) is 8.42 Å². The molecule has 140 valence electrons. The summed E-state index contributed by atoms with van der Waals surface area (Å²) in [6.07, 6.45) is 4.71. The van der Waals surface area contributed by atoms with Crippen LogP contribution in [0.3, 0.4) is 0 Å². The van der Waals surface area contributed by atoms with Gasteiger partial charge in [-0.2, -0.15) is 0 Å². The van der Waals surface area contributed by atoms with Crippen molar-refractivity contribution in [1.29, 1.82) is 0 Å². The van der Waals surface area contributed by atoms with Crippen LogP contribution in [0.4, 0.5) is 5.82 Å². The molecule has 8 heteroatoms. The van der Waals surface area contributed by atoms with E-state index in [1.165, 1.54) is 6.33 Å². The molecule has 0 unspecified atom stereocenters. The van der Waals surface area contributed by atoms with E-state index in [0.29, 0.717) is 5.82 Å². The van der Waals surface area contributed by atoms with E-state index in [0.717, 1.165) is 17.0 Å². The molecule has 0 bridgehead atoms. The second-order valence-electron chi connectivity index (χ2n) is 6.10. The van der Waals surface area contributed by atoms with Gasteiger partial charge in [-0.05, 0) is 30.2 Å². The molecule has 2 heterocycles. The molecule has 0 saturated carbocycles. The zero-order valence-corrected chi connectivity index (χ0v) is 15.8. The van der Waals surface area contributed by atoms with Gasteiger partial charge in [-0.15, -0.1) is 0 Å². The molecule has 0 fully saturated rings. The standard InChI is InChI=1S/C20H17N5O2S/c1-15-21-11-12-25(15)20-13-19(22-14-23-20)24-28(26,27)18-9-7-17(8-10-18)16-5-3-2-4-6-16/h2-14H,1H3,(H,22,23,24). The maximum Gasteiger partial charge on any atom is 0.263 e. The van der Waals surface area contributed by atoms with Gasteiger partial charge >= 0.3 is 0 Å². The highest BCUT2D eigenvalue weighted by Gasteiger charge is 2.16. The van der Waals surface area contributed by atoms with E-state index >= 15 is 0 Å². The number of aryl methyl sites for hydroxylation is 1. The van der Waals surface area contributed by atoms with Crippen molar-refractivity contribution in [2.45, 2.75) is 11.8 Å². The van der Waals surface area contributed by atoms with E-state index < -0.39 is 10.0 Å². The molecule has 0 saturated heterocycles. The number of nitrogens with one attached hydrogen (secondary N) is 1. The largest absolute Gasteiger partial charge is 0.288 e. The first-order valence-electron chi connectivity index (χ1n) is 8.54. The summed E-state index contributed by atoms with van der Waals surface area (Å²) in [6.45, 7) is 1.83. The van der Waals surface area contributed by atoms with E-state index in [4.69, 9.17) is 0 Å². The summed E-state index contributed by atoms with van der Waals surface area (Å²) < 4.78 is 29.7. The molecule has 28 heavy (non-hydrogen) atoms. The lowest BCUT2D eigenvalue weighted by molar-refractivity contribution is 0.601. The van der Waals surface area contributed by atoms with Crippen LogP contribution in [0.1, 0.15) is 5.82 Å². The number of hydrogen-bond donors (Lipinski definition) is 1. The van der Waals surface area contributed by atoms with Crippen LogP contribution < -0.4 is 4.72 Å². The summed E-state index contributed by atoms with van der Waals surface area (Å²) in [7, 11) is -3.77. The summed E-state index contributed by atoms with van der Waals surface area (Å²) in [6, 6.07) is 18.0. The molecule has 1 N–H and O–H groups in total. The van der Waals surface area contributed by atoms with Crippen molar-refractivity contribution in [3.63, 3.8) is 0 Å². The topological polar surface area (TPSA) is 89.8 Å². The minimum Gasteiger partial charge on any atom is -0.288 e. The Bertz CT molecular complexity index is 1200. The van der Waals surface area contributed by atoms with Crippen molar-refractivity contribution in [1.82, 2.24) is 19.5 Å². The quantitative estimate of drug-likeness (QED) is 0.563. The number of hydrogen-bond acceptors (Lipinski definition) is 5. The Labute approximate surface area is 162 Å². The Morgan fingerprint density at radius 2 is 1.61 bits per heavy atom. The summed E-state index contributed by atoms with van der Waals surface area (Å²) in [4.78, 5) is 12.5. The van der Waals surface area contributed by atoms with Gasteiger partial charge in [0.15, 0.2) is 0 Å². The monoisotopic (exact) mass is 391 g/mol. The van der Waals surface area contributed by atoms with Crippen molar-refractivity contribution in [2.24, 2.45) is 0 Å². The van der Waals surface area contributed by atoms with Gasteiger partial charge in [0.25, 0.3) is 10.0 Å². The van der Waals surface area contributed by atoms with Gasteiger partial charge in [-0.1, -0.05) is 42.5 Å². The number of aromatic nitrogens is 4. The third-order valence-electron chi connectivity index (χ3n) is 4.24. The molecule has 0 aliphatic heterocycles. The Balaban J connectivity index is 1.59. The van der Waals surface area contributed by atoms with E-state index in [-0.39, 0.29) is 10.7 Å². The molecule has 4 aromatic rings. The van der Waals surface area contributed by atoms with Crippen LogP contribution in [0.15, 0.2) is 84.3 Å². The zero-order chi connectivity index (χ0) is 19.6. The third kappa shape index (κ3) is 3.63. The molecule has 0 spiro atoms. The summed E-state index contributed by atoms with van der Waals surface area (Å²) in [5.41, 5.74) is 1.97. The Hall–Kier alpha value is -3.52. The minimum absolute atomic E-state index is 0.158. The lowest BCUT2D eigenvalue weighted by atomic mass is 10.1. The van der Waals surface area contributed by atoms with Crippen LogP contribution in [0, 0.1) is 6.92 Å². The summed E-state index contributed by atoms with van der Waals surface area (Å²) in [5.74, 6) is 1.45. The summed E-state index contributed by atoms with van der Waals surface area (Å²) in [5, 5.41) is 0. The first kappa shape index (κ1) is 17.9. The molecule has 0 aliphatic rings.